The van der Waals surface area contributed by atoms with Crippen LogP contribution in [-0.4, -0.2) is 45.8 Å². The summed E-state index contributed by atoms with van der Waals surface area (Å²) >= 11 is 6.32. The van der Waals surface area contributed by atoms with Crippen molar-refractivity contribution >= 4 is 52.2 Å². The van der Waals surface area contributed by atoms with Gasteiger partial charge in [-0.05, 0) is 24.1 Å². The summed E-state index contributed by atoms with van der Waals surface area (Å²) in [4.78, 5) is 36.6. The quantitative estimate of drug-likeness (QED) is 0.471. The molecule has 0 bridgehead atoms. The van der Waals surface area contributed by atoms with E-state index in [1.165, 1.54) is 12.0 Å². The number of hydrogen-bond donors (Lipinski definition) is 1. The lowest BCUT2D eigenvalue weighted by Gasteiger charge is -2.13. The van der Waals surface area contributed by atoms with Gasteiger partial charge in [-0.15, -0.1) is 0 Å². The van der Waals surface area contributed by atoms with Crippen molar-refractivity contribution in [1.82, 2.24) is 4.90 Å². The number of hydrogen-bond acceptors (Lipinski definition) is 6. The van der Waals surface area contributed by atoms with E-state index in [4.69, 9.17) is 22.1 Å². The molecule has 6 nitrogen and oxygen atoms in total. The third-order valence-electron chi connectivity index (χ3n) is 3.30. The van der Waals surface area contributed by atoms with Gasteiger partial charge < -0.3 is 9.84 Å². The fraction of sp³-hybridized carbons (Fsp3) is 0.250. The smallest absolute Gasteiger partial charge is 0.338 e. The predicted molar refractivity (Wildman–Crippen MR) is 94.5 cm³/mol. The van der Waals surface area contributed by atoms with E-state index in [9.17, 15) is 14.4 Å². The van der Waals surface area contributed by atoms with Gasteiger partial charge in [0.15, 0.2) is 0 Å². The first-order chi connectivity index (χ1) is 11.4. The number of ether oxygens (including phenoxy) is 1. The van der Waals surface area contributed by atoms with Gasteiger partial charge in [0.1, 0.15) is 4.32 Å². The summed E-state index contributed by atoms with van der Waals surface area (Å²) in [5.41, 5.74) is 0.923. The van der Waals surface area contributed by atoms with Crippen LogP contribution >= 0.6 is 24.0 Å². The van der Waals surface area contributed by atoms with Crippen molar-refractivity contribution in [3.63, 3.8) is 0 Å². The molecule has 1 aromatic carbocycles. The minimum absolute atomic E-state index is 0.0265. The molecular formula is C16H15NO5S2. The fourth-order valence-corrected chi connectivity index (χ4v) is 3.44. The number of rotatable bonds is 6. The average Bonchev–Trinajstić information content (AvgIpc) is 2.81. The molecule has 1 saturated heterocycles. The summed E-state index contributed by atoms with van der Waals surface area (Å²) < 4.78 is 5.12. The number of carboxylic acid groups (broad SMARTS) is 1. The number of thioether (sulfide) groups is 1. The largest absolute Gasteiger partial charge is 0.481 e. The average molecular weight is 365 g/mol. The van der Waals surface area contributed by atoms with Crippen LogP contribution in [0.1, 0.15) is 28.8 Å². The second-order valence-electron chi connectivity index (χ2n) is 4.91. The molecule has 0 aliphatic carbocycles. The van der Waals surface area contributed by atoms with Crippen molar-refractivity contribution in [1.29, 1.82) is 0 Å². The Labute approximate surface area is 148 Å². The van der Waals surface area contributed by atoms with Gasteiger partial charge in [0, 0.05) is 13.0 Å². The van der Waals surface area contributed by atoms with Crippen LogP contribution in [0, 0.1) is 0 Å². The number of esters is 1. The van der Waals surface area contributed by atoms with E-state index >= 15 is 0 Å². The molecule has 1 fully saturated rings. The Morgan fingerprint density at radius 1 is 1.38 bits per heavy atom. The standard InChI is InChI=1S/C16H15NO5S2/c1-22-15(21)11-6-3-2-5-10(11)9-12-14(20)17(16(23)24-12)8-4-7-13(18)19/h2-3,5-6,9H,4,7-8H2,1H3,(H,18,19)/b12-9-. The molecule has 0 aromatic heterocycles. The van der Waals surface area contributed by atoms with Gasteiger partial charge >= 0.3 is 11.9 Å². The molecule has 126 valence electrons. The first-order valence-corrected chi connectivity index (χ1v) is 8.31. The number of nitrogens with zero attached hydrogens (tertiary/aromatic N) is 1. The molecule has 0 unspecified atom stereocenters. The maximum Gasteiger partial charge on any atom is 0.338 e. The molecule has 0 atom stereocenters. The number of carbonyl (C=O) groups is 3. The van der Waals surface area contributed by atoms with Gasteiger partial charge in [-0.1, -0.05) is 42.2 Å². The molecule has 1 N–H and O–H groups in total. The van der Waals surface area contributed by atoms with Crippen molar-refractivity contribution in [3.8, 4) is 0 Å². The minimum atomic E-state index is -0.914. The van der Waals surface area contributed by atoms with Gasteiger partial charge in [-0.2, -0.15) is 0 Å². The molecule has 0 spiro atoms. The lowest BCUT2D eigenvalue weighted by atomic mass is 10.1. The zero-order chi connectivity index (χ0) is 17.7. The van der Waals surface area contributed by atoms with Gasteiger partial charge in [0.05, 0.1) is 17.6 Å². The highest BCUT2D eigenvalue weighted by molar-refractivity contribution is 8.26. The molecule has 1 aliphatic rings. The van der Waals surface area contributed by atoms with Crippen LogP contribution < -0.4 is 0 Å². The Hall–Kier alpha value is -2.19. The number of amides is 1. The van der Waals surface area contributed by atoms with E-state index in [-0.39, 0.29) is 18.9 Å². The second-order valence-corrected chi connectivity index (χ2v) is 6.59. The molecule has 0 saturated carbocycles. The summed E-state index contributed by atoms with van der Waals surface area (Å²) in [5.74, 6) is -1.68. The topological polar surface area (TPSA) is 83.9 Å². The Bertz CT molecular complexity index is 729. The van der Waals surface area contributed by atoms with Gasteiger partial charge in [-0.3, -0.25) is 14.5 Å². The zero-order valence-corrected chi connectivity index (χ0v) is 14.5. The molecule has 1 amide bonds. The molecule has 0 radical (unpaired) electrons. The molecule has 8 heteroatoms. The summed E-state index contributed by atoms with van der Waals surface area (Å²) in [5, 5.41) is 8.68. The molecule has 1 heterocycles. The fourth-order valence-electron chi connectivity index (χ4n) is 2.14. The van der Waals surface area contributed by atoms with Crippen LogP contribution in [0.2, 0.25) is 0 Å². The summed E-state index contributed by atoms with van der Waals surface area (Å²) in [6.45, 7) is 0.257. The normalized spacial score (nSPS) is 15.9. The van der Waals surface area contributed by atoms with Crippen molar-refractivity contribution in [2.75, 3.05) is 13.7 Å². The van der Waals surface area contributed by atoms with Crippen LogP contribution in [0.3, 0.4) is 0 Å². The Kier molecular flexibility index (Phi) is 6.10. The molecule has 24 heavy (non-hydrogen) atoms. The van der Waals surface area contributed by atoms with Gasteiger partial charge in [-0.25, -0.2) is 4.79 Å². The Balaban J connectivity index is 2.20. The Morgan fingerprint density at radius 3 is 2.75 bits per heavy atom. The maximum atomic E-state index is 12.4. The second kappa shape index (κ2) is 8.07. The van der Waals surface area contributed by atoms with E-state index in [0.29, 0.717) is 26.8 Å². The van der Waals surface area contributed by atoms with E-state index in [1.54, 1.807) is 30.3 Å². The highest BCUT2D eigenvalue weighted by Gasteiger charge is 2.31. The summed E-state index contributed by atoms with van der Waals surface area (Å²) in [6.07, 6.45) is 1.90. The molecular weight excluding hydrogens is 350 g/mol. The van der Waals surface area contributed by atoms with Gasteiger partial charge in [0.2, 0.25) is 0 Å². The third-order valence-corrected chi connectivity index (χ3v) is 4.68. The van der Waals surface area contributed by atoms with Crippen LogP contribution in [0.25, 0.3) is 6.08 Å². The number of benzene rings is 1. The lowest BCUT2D eigenvalue weighted by molar-refractivity contribution is -0.137. The maximum absolute atomic E-state index is 12.4. The number of aliphatic carboxylic acids is 1. The lowest BCUT2D eigenvalue weighted by Crippen LogP contribution is -2.29. The molecule has 1 aromatic rings. The van der Waals surface area contributed by atoms with Crippen LogP contribution in [0.15, 0.2) is 29.2 Å². The zero-order valence-electron chi connectivity index (χ0n) is 12.9. The third kappa shape index (κ3) is 4.21. The van der Waals surface area contributed by atoms with Crippen molar-refractivity contribution in [2.24, 2.45) is 0 Å². The number of carbonyl (C=O) groups excluding carboxylic acids is 2. The van der Waals surface area contributed by atoms with Crippen molar-refractivity contribution in [3.05, 3.63) is 40.3 Å². The van der Waals surface area contributed by atoms with Gasteiger partial charge in [0.25, 0.3) is 5.91 Å². The SMILES string of the molecule is COC(=O)c1ccccc1/C=C1\SC(=S)N(CCCC(=O)O)C1=O. The number of thiocarbonyl (C=S) groups is 1. The highest BCUT2D eigenvalue weighted by atomic mass is 32.2. The first-order valence-electron chi connectivity index (χ1n) is 7.08. The predicted octanol–water partition coefficient (Wildman–Crippen LogP) is 2.54. The monoisotopic (exact) mass is 365 g/mol. The van der Waals surface area contributed by atoms with Crippen LogP contribution in [0.4, 0.5) is 0 Å². The van der Waals surface area contributed by atoms with Crippen LogP contribution in [0.5, 0.6) is 0 Å². The number of carboxylic acids is 1. The minimum Gasteiger partial charge on any atom is -0.481 e. The van der Waals surface area contributed by atoms with E-state index in [1.807, 2.05) is 0 Å². The number of methoxy groups -OCH3 is 1. The highest BCUT2D eigenvalue weighted by Crippen LogP contribution is 2.33. The van der Waals surface area contributed by atoms with E-state index in [0.717, 1.165) is 11.8 Å². The van der Waals surface area contributed by atoms with E-state index in [2.05, 4.69) is 0 Å². The molecule has 1 aliphatic heterocycles. The Morgan fingerprint density at radius 2 is 2.08 bits per heavy atom. The summed E-state index contributed by atoms with van der Waals surface area (Å²) in [7, 11) is 1.29. The van der Waals surface area contributed by atoms with Crippen molar-refractivity contribution < 1.29 is 24.2 Å². The molecule has 2 rings (SSSR count). The first kappa shape index (κ1) is 18.2. The summed E-state index contributed by atoms with van der Waals surface area (Å²) in [6, 6.07) is 6.79. The van der Waals surface area contributed by atoms with Crippen LogP contribution in [-0.2, 0) is 14.3 Å². The van der Waals surface area contributed by atoms with Crippen molar-refractivity contribution in [2.45, 2.75) is 12.8 Å². The van der Waals surface area contributed by atoms with E-state index < -0.39 is 11.9 Å².